The first-order valence-electron chi connectivity index (χ1n) is 26.5. The summed E-state index contributed by atoms with van der Waals surface area (Å²) in [5.74, 6) is 0.224. The Bertz CT molecular complexity index is 1260. The predicted molar refractivity (Wildman–Crippen MR) is 290 cm³/mol. The summed E-state index contributed by atoms with van der Waals surface area (Å²) in [5.41, 5.74) is 5.66. The normalized spacial score (nSPS) is 20.2. The maximum atomic E-state index is 11.4. The fourth-order valence-electron chi connectivity index (χ4n) is 13.5. The number of piperidine rings is 1. The number of likely N-dealkylation sites (tertiary alicyclic amines) is 1. The van der Waals surface area contributed by atoms with Gasteiger partial charge in [0.1, 0.15) is 0 Å². The van der Waals surface area contributed by atoms with Crippen molar-refractivity contribution in [2.24, 2.45) is 75.8 Å². The maximum absolute atomic E-state index is 11.4. The first kappa shape index (κ1) is 65.5. The lowest BCUT2D eigenvalue weighted by molar-refractivity contribution is -0.137. The third-order valence-corrected chi connectivity index (χ3v) is 18.3. The third-order valence-electron chi connectivity index (χ3n) is 18.3. The second-order valence-electron chi connectivity index (χ2n) is 32.5. The third kappa shape index (κ3) is 17.7. The fraction of sp³-hybridized carbons (Fsp3) is 0.984. The quantitative estimate of drug-likeness (QED) is 0.242. The molecule has 1 saturated carbocycles. The van der Waals surface area contributed by atoms with Gasteiger partial charge in [0.05, 0.1) is 0 Å². The number of nitrogens with zero attached hydrogens (tertiary/aromatic N) is 1. The molecular weight excluding hydrogens is 779 g/mol. The van der Waals surface area contributed by atoms with Gasteiger partial charge in [-0.25, -0.2) is 0 Å². The largest absolute Gasteiger partial charge is 0.381 e. The van der Waals surface area contributed by atoms with Crippen molar-refractivity contribution in [1.82, 2.24) is 4.90 Å². The van der Waals surface area contributed by atoms with Gasteiger partial charge in [0.2, 0.25) is 5.91 Å². The topological polar surface area (TPSA) is 29.5 Å². The van der Waals surface area contributed by atoms with E-state index in [1.807, 2.05) is 4.90 Å². The summed E-state index contributed by atoms with van der Waals surface area (Å²) < 4.78 is 5.52. The zero-order chi connectivity index (χ0) is 52.1. The van der Waals surface area contributed by atoms with Gasteiger partial charge in [-0.15, -0.1) is 0 Å². The molecule has 0 bridgehead atoms. The van der Waals surface area contributed by atoms with Gasteiger partial charge in [-0.2, -0.15) is 0 Å². The van der Waals surface area contributed by atoms with Gasteiger partial charge in [0.25, 0.3) is 0 Å². The Morgan fingerprint density at radius 1 is 0.391 bits per heavy atom. The molecule has 0 aromatic heterocycles. The number of ether oxygens (including phenoxy) is 1. The zero-order valence-corrected chi connectivity index (χ0v) is 51.0. The van der Waals surface area contributed by atoms with Crippen LogP contribution >= 0.6 is 0 Å². The van der Waals surface area contributed by atoms with Crippen LogP contribution in [0.5, 0.6) is 0 Å². The van der Waals surface area contributed by atoms with Crippen LogP contribution in [0.4, 0.5) is 0 Å². The van der Waals surface area contributed by atoms with Crippen molar-refractivity contribution in [2.45, 2.75) is 286 Å². The first-order valence-corrected chi connectivity index (χ1v) is 26.5. The minimum absolute atomic E-state index is 0.224. The summed E-state index contributed by atoms with van der Waals surface area (Å²) in [5, 5.41) is 0. The highest BCUT2D eigenvalue weighted by Gasteiger charge is 2.53. The van der Waals surface area contributed by atoms with E-state index in [9.17, 15) is 4.79 Å². The highest BCUT2D eigenvalue weighted by Crippen LogP contribution is 2.61. The van der Waals surface area contributed by atoms with Gasteiger partial charge in [-0.1, -0.05) is 234 Å². The van der Waals surface area contributed by atoms with Crippen molar-refractivity contribution in [1.29, 1.82) is 0 Å². The van der Waals surface area contributed by atoms with Crippen LogP contribution in [0, 0.1) is 75.8 Å². The Morgan fingerprint density at radius 3 is 0.766 bits per heavy atom. The molecule has 3 nitrogen and oxygen atoms in total. The van der Waals surface area contributed by atoms with Gasteiger partial charge >= 0.3 is 0 Å². The molecule has 2 heterocycles. The van der Waals surface area contributed by atoms with Gasteiger partial charge in [-0.05, 0) is 121 Å². The minimum Gasteiger partial charge on any atom is -0.381 e. The van der Waals surface area contributed by atoms with E-state index in [1.54, 1.807) is 6.92 Å². The molecule has 0 aromatic carbocycles. The molecule has 2 aliphatic heterocycles. The monoisotopic (exact) mass is 904 g/mol. The van der Waals surface area contributed by atoms with Crippen LogP contribution in [0.15, 0.2) is 0 Å². The molecule has 3 fully saturated rings. The molecule has 3 heteroatoms. The van der Waals surface area contributed by atoms with Crippen molar-refractivity contribution in [3.8, 4) is 0 Å². The zero-order valence-electron chi connectivity index (χ0n) is 51.0. The van der Waals surface area contributed by atoms with E-state index in [0.717, 1.165) is 39.1 Å². The van der Waals surface area contributed by atoms with Gasteiger partial charge in [0, 0.05) is 33.2 Å². The number of rotatable bonds is 0. The Labute approximate surface area is 407 Å². The lowest BCUT2D eigenvalue weighted by atomic mass is 9.50. The smallest absolute Gasteiger partial charge is 0.219 e. The molecule has 3 aliphatic rings. The van der Waals surface area contributed by atoms with Crippen molar-refractivity contribution < 1.29 is 9.53 Å². The lowest BCUT2D eigenvalue weighted by Gasteiger charge is -2.57. The van der Waals surface area contributed by atoms with Crippen LogP contribution in [0.1, 0.15) is 286 Å². The summed E-state index contributed by atoms with van der Waals surface area (Å²) in [4.78, 5) is 13.4. The summed E-state index contributed by atoms with van der Waals surface area (Å²) >= 11 is 0. The van der Waals surface area contributed by atoms with Crippen molar-refractivity contribution >= 4 is 5.91 Å². The summed E-state index contributed by atoms with van der Waals surface area (Å²) in [7, 11) is 0. The first-order chi connectivity index (χ1) is 27.6. The van der Waals surface area contributed by atoms with Crippen molar-refractivity contribution in [2.75, 3.05) is 26.3 Å². The number of amides is 1. The molecule has 1 amide bonds. The van der Waals surface area contributed by atoms with E-state index in [2.05, 4.69) is 222 Å². The molecule has 0 aromatic rings. The average Bonchev–Trinajstić information content (AvgIpc) is 3.55. The standard InChI is InChI=1S/C15H29NO.C13H26O.C13H26.C11H24.C9H20/c1-12(17)16-10-8-15(9-11-16,13(2,3)4)14(5,6)7;1-11(2,3)13(12(4,5)6)7-9-14-10-8-13;1-11(2,3)13(12(4,5)6)9-7-8-10-13;1-9(2,3)11(7,8)10(4,5)6;1-8(2,3)7-9(4,5)6/h8-11H2,1-7H3;7-10H2,1-6H3;7-10H2,1-6H3;1-8H3;7H2,1-6H3. The van der Waals surface area contributed by atoms with E-state index in [1.165, 1.54) is 44.9 Å². The Balaban J connectivity index is 0. The Kier molecular flexibility index (Phi) is 22.5. The number of hydrogen-bond acceptors (Lipinski definition) is 2. The number of hydrogen-bond donors (Lipinski definition) is 0. The van der Waals surface area contributed by atoms with E-state index in [0.29, 0.717) is 65.0 Å². The van der Waals surface area contributed by atoms with Crippen molar-refractivity contribution in [3.05, 3.63) is 0 Å². The molecule has 0 unspecified atom stereocenters. The molecule has 2 saturated heterocycles. The second-order valence-corrected chi connectivity index (χ2v) is 32.5. The van der Waals surface area contributed by atoms with E-state index >= 15 is 0 Å². The highest BCUT2D eigenvalue weighted by molar-refractivity contribution is 5.73. The lowest BCUT2D eigenvalue weighted by Crippen LogP contribution is -2.54. The second kappa shape index (κ2) is 22.0. The summed E-state index contributed by atoms with van der Waals surface area (Å²) in [6, 6.07) is 0. The molecule has 64 heavy (non-hydrogen) atoms. The van der Waals surface area contributed by atoms with Crippen LogP contribution in [0.2, 0.25) is 0 Å². The highest BCUT2D eigenvalue weighted by atomic mass is 16.5. The van der Waals surface area contributed by atoms with Gasteiger partial charge < -0.3 is 9.64 Å². The van der Waals surface area contributed by atoms with Crippen LogP contribution in [-0.4, -0.2) is 37.1 Å². The SMILES string of the molecule is CC(=O)N1CCC(C(C)(C)C)(C(C)(C)C)CC1.CC(C)(C)C(C)(C)C(C)(C)C.CC(C)(C)C1(C(C)(C)C)CCCC1.CC(C)(C)C1(C(C)(C)C)CCOCC1.CC(C)(C)CC(C)(C)C. The van der Waals surface area contributed by atoms with Gasteiger partial charge in [-0.3, -0.25) is 4.79 Å². The van der Waals surface area contributed by atoms with E-state index in [4.69, 9.17) is 4.74 Å². The molecular formula is C61H125NO2. The molecule has 0 spiro atoms. The molecule has 3 rings (SSSR count). The fourth-order valence-corrected chi connectivity index (χ4v) is 13.5. The van der Waals surface area contributed by atoms with Crippen LogP contribution < -0.4 is 0 Å². The van der Waals surface area contributed by atoms with E-state index < -0.39 is 0 Å². The van der Waals surface area contributed by atoms with E-state index in [-0.39, 0.29) is 16.7 Å². The summed E-state index contributed by atoms with van der Waals surface area (Å²) in [6.07, 6.45) is 11.7. The summed E-state index contributed by atoms with van der Waals surface area (Å²) in [6.45, 7) is 80.6. The van der Waals surface area contributed by atoms with Crippen LogP contribution in [-0.2, 0) is 9.53 Å². The Morgan fingerprint density at radius 2 is 0.625 bits per heavy atom. The van der Waals surface area contributed by atoms with Crippen LogP contribution in [0.3, 0.4) is 0 Å². The number of carbonyl (C=O) groups is 1. The minimum atomic E-state index is 0.224. The molecule has 0 N–H and O–H groups in total. The molecule has 386 valence electrons. The molecule has 1 aliphatic carbocycles. The van der Waals surface area contributed by atoms with Crippen molar-refractivity contribution in [3.63, 3.8) is 0 Å². The molecule has 0 atom stereocenters. The van der Waals surface area contributed by atoms with Gasteiger partial charge in [0.15, 0.2) is 0 Å². The number of carbonyl (C=O) groups excluding carboxylic acids is 1. The predicted octanol–water partition coefficient (Wildman–Crippen LogP) is 19.8. The average molecular weight is 905 g/mol. The molecule has 0 radical (unpaired) electrons. The maximum Gasteiger partial charge on any atom is 0.219 e. The Hall–Kier alpha value is -0.570. The van der Waals surface area contributed by atoms with Crippen LogP contribution in [0.25, 0.3) is 0 Å².